The normalized spacial score (nSPS) is 11.9. The number of nitrogens with one attached hydrogen (secondary N) is 1. The second-order valence-corrected chi connectivity index (χ2v) is 8.99. The van der Waals surface area contributed by atoms with E-state index in [0.29, 0.717) is 11.3 Å². The quantitative estimate of drug-likeness (QED) is 0.716. The van der Waals surface area contributed by atoms with Gasteiger partial charge in [0.2, 0.25) is 0 Å². The van der Waals surface area contributed by atoms with Gasteiger partial charge in [-0.05, 0) is 71.7 Å². The van der Waals surface area contributed by atoms with Crippen molar-refractivity contribution in [3.8, 4) is 0 Å². The number of hydrogen-bond donors (Lipinski definition) is 2. The van der Waals surface area contributed by atoms with Gasteiger partial charge in [-0.15, -0.1) is 0 Å². The van der Waals surface area contributed by atoms with Crippen molar-refractivity contribution in [2.45, 2.75) is 53.4 Å². The summed E-state index contributed by atoms with van der Waals surface area (Å²) in [4.78, 5) is 23.6. The number of anilines is 1. The van der Waals surface area contributed by atoms with Gasteiger partial charge in [-0.2, -0.15) is 0 Å². The van der Waals surface area contributed by atoms with Crippen molar-refractivity contribution in [2.24, 2.45) is 5.41 Å². The molecule has 4 heteroatoms. The number of benzene rings is 2. The van der Waals surface area contributed by atoms with Gasteiger partial charge in [-0.1, -0.05) is 40.7 Å². The van der Waals surface area contributed by atoms with Crippen LogP contribution in [0.3, 0.4) is 0 Å². The van der Waals surface area contributed by atoms with E-state index in [1.807, 2.05) is 18.2 Å². The smallest absolute Gasteiger partial charge is 0.335 e. The Kier molecular flexibility index (Phi) is 5.79. The lowest BCUT2D eigenvalue weighted by atomic mass is 9.71. The third-order valence-corrected chi connectivity index (χ3v) is 4.59. The summed E-state index contributed by atoms with van der Waals surface area (Å²) in [5, 5.41) is 11.8. The predicted octanol–water partition coefficient (Wildman–Crippen LogP) is 5.66. The SMILES string of the molecule is Cc1ccc(C(=O)Nc2ccc(C(=O)O)cc2)cc1C(C)(C)CC(C)(C)C. The van der Waals surface area contributed by atoms with Crippen LogP contribution in [0, 0.1) is 12.3 Å². The third-order valence-electron chi connectivity index (χ3n) is 4.59. The maximum atomic E-state index is 12.7. The molecule has 2 aromatic carbocycles. The van der Waals surface area contributed by atoms with Crippen molar-refractivity contribution in [3.05, 3.63) is 64.7 Å². The molecule has 0 spiro atoms. The lowest BCUT2D eigenvalue weighted by molar-refractivity contribution is 0.0696. The van der Waals surface area contributed by atoms with Crippen LogP contribution in [0.5, 0.6) is 0 Å². The first-order valence-electron chi connectivity index (χ1n) is 9.15. The van der Waals surface area contributed by atoms with E-state index in [1.54, 1.807) is 12.1 Å². The number of carboxylic acids is 1. The second kappa shape index (κ2) is 7.55. The van der Waals surface area contributed by atoms with Crippen molar-refractivity contribution < 1.29 is 14.7 Å². The molecular weight excluding hydrogens is 338 g/mol. The molecule has 0 aliphatic carbocycles. The zero-order chi connectivity index (χ0) is 20.4. The highest BCUT2D eigenvalue weighted by atomic mass is 16.4. The van der Waals surface area contributed by atoms with Crippen LogP contribution < -0.4 is 5.32 Å². The molecule has 1 amide bonds. The zero-order valence-electron chi connectivity index (χ0n) is 17.0. The van der Waals surface area contributed by atoms with Gasteiger partial charge in [-0.25, -0.2) is 4.79 Å². The maximum absolute atomic E-state index is 12.7. The lowest BCUT2D eigenvalue weighted by Crippen LogP contribution is -2.26. The molecule has 0 saturated heterocycles. The van der Waals surface area contributed by atoms with Crippen LogP contribution >= 0.6 is 0 Å². The summed E-state index contributed by atoms with van der Waals surface area (Å²) in [7, 11) is 0. The Morgan fingerprint density at radius 3 is 2.00 bits per heavy atom. The van der Waals surface area contributed by atoms with Gasteiger partial charge in [0, 0.05) is 11.3 Å². The Hall–Kier alpha value is -2.62. The molecular formula is C23H29NO3. The number of aromatic carboxylic acids is 1. The van der Waals surface area contributed by atoms with Crippen LogP contribution in [0.4, 0.5) is 5.69 Å². The van der Waals surface area contributed by atoms with E-state index < -0.39 is 5.97 Å². The van der Waals surface area contributed by atoms with Crippen molar-refractivity contribution in [3.63, 3.8) is 0 Å². The maximum Gasteiger partial charge on any atom is 0.335 e. The van der Waals surface area contributed by atoms with Crippen LogP contribution in [-0.2, 0) is 5.41 Å². The summed E-state index contributed by atoms with van der Waals surface area (Å²) in [6.45, 7) is 13.2. The average Bonchev–Trinajstić information content (AvgIpc) is 2.53. The average molecular weight is 367 g/mol. The zero-order valence-corrected chi connectivity index (χ0v) is 17.0. The number of aryl methyl sites for hydroxylation is 1. The number of carbonyl (C=O) groups is 2. The van der Waals surface area contributed by atoms with Gasteiger partial charge in [0.1, 0.15) is 0 Å². The first-order chi connectivity index (χ1) is 12.4. The first kappa shape index (κ1) is 20.7. The van der Waals surface area contributed by atoms with Crippen LogP contribution in [0.2, 0.25) is 0 Å². The highest BCUT2D eigenvalue weighted by molar-refractivity contribution is 6.04. The Bertz CT molecular complexity index is 843. The first-order valence-corrected chi connectivity index (χ1v) is 9.15. The summed E-state index contributed by atoms with van der Waals surface area (Å²) in [6.07, 6.45) is 1.00. The fourth-order valence-corrected chi connectivity index (χ4v) is 3.81. The number of carboxylic acid groups (broad SMARTS) is 1. The molecule has 0 aliphatic rings. The number of rotatable bonds is 5. The molecule has 0 atom stereocenters. The van der Waals surface area contributed by atoms with E-state index >= 15 is 0 Å². The Morgan fingerprint density at radius 2 is 1.48 bits per heavy atom. The fraction of sp³-hybridized carbons (Fsp3) is 0.391. The van der Waals surface area contributed by atoms with Gasteiger partial charge in [-0.3, -0.25) is 4.79 Å². The van der Waals surface area contributed by atoms with E-state index in [1.165, 1.54) is 23.3 Å². The molecule has 0 fully saturated rings. The van der Waals surface area contributed by atoms with Crippen LogP contribution in [0.15, 0.2) is 42.5 Å². The standard InChI is InChI=1S/C23H29NO3/c1-15-7-8-17(13-19(15)23(5,6)14-22(2,3)4)20(25)24-18-11-9-16(10-12-18)21(26)27/h7-13H,14H2,1-6H3,(H,24,25)(H,26,27). The lowest BCUT2D eigenvalue weighted by Gasteiger charge is -2.34. The second-order valence-electron chi connectivity index (χ2n) is 8.99. The van der Waals surface area contributed by atoms with Crippen molar-refractivity contribution in [1.82, 2.24) is 0 Å². The fourth-order valence-electron chi connectivity index (χ4n) is 3.81. The van der Waals surface area contributed by atoms with Gasteiger partial charge in [0.25, 0.3) is 5.91 Å². The summed E-state index contributed by atoms with van der Waals surface area (Å²) >= 11 is 0. The van der Waals surface area contributed by atoms with E-state index in [0.717, 1.165) is 6.42 Å². The summed E-state index contributed by atoms with van der Waals surface area (Å²) in [5.74, 6) is -1.19. The molecule has 0 saturated carbocycles. The van der Waals surface area contributed by atoms with E-state index in [2.05, 4.69) is 46.9 Å². The molecule has 144 valence electrons. The highest BCUT2D eigenvalue weighted by Crippen LogP contribution is 2.38. The summed E-state index contributed by atoms with van der Waals surface area (Å²) in [5.41, 5.74) is 3.83. The van der Waals surface area contributed by atoms with Crippen LogP contribution in [0.25, 0.3) is 0 Å². The minimum absolute atomic E-state index is 0.0538. The van der Waals surface area contributed by atoms with Crippen molar-refractivity contribution in [1.29, 1.82) is 0 Å². The van der Waals surface area contributed by atoms with E-state index in [-0.39, 0.29) is 22.3 Å². The minimum atomic E-state index is -0.989. The molecule has 0 aliphatic heterocycles. The van der Waals surface area contributed by atoms with Crippen LogP contribution in [-0.4, -0.2) is 17.0 Å². The molecule has 2 rings (SSSR count). The Labute approximate surface area is 161 Å². The monoisotopic (exact) mass is 367 g/mol. The van der Waals surface area contributed by atoms with E-state index in [9.17, 15) is 9.59 Å². The van der Waals surface area contributed by atoms with Crippen molar-refractivity contribution >= 4 is 17.6 Å². The molecule has 27 heavy (non-hydrogen) atoms. The largest absolute Gasteiger partial charge is 0.478 e. The summed E-state index contributed by atoms with van der Waals surface area (Å²) in [6, 6.07) is 11.9. The molecule has 0 unspecified atom stereocenters. The third kappa shape index (κ3) is 5.43. The molecule has 0 bridgehead atoms. The van der Waals surface area contributed by atoms with Gasteiger partial charge in [0.05, 0.1) is 5.56 Å². The molecule has 4 nitrogen and oxygen atoms in total. The topological polar surface area (TPSA) is 66.4 Å². The van der Waals surface area contributed by atoms with Crippen molar-refractivity contribution in [2.75, 3.05) is 5.32 Å². The Morgan fingerprint density at radius 1 is 0.926 bits per heavy atom. The van der Waals surface area contributed by atoms with Gasteiger partial charge >= 0.3 is 5.97 Å². The number of amides is 1. The number of hydrogen-bond acceptors (Lipinski definition) is 2. The molecule has 2 aromatic rings. The Balaban J connectivity index is 2.26. The summed E-state index contributed by atoms with van der Waals surface area (Å²) < 4.78 is 0. The minimum Gasteiger partial charge on any atom is -0.478 e. The van der Waals surface area contributed by atoms with E-state index in [4.69, 9.17) is 5.11 Å². The predicted molar refractivity (Wildman–Crippen MR) is 110 cm³/mol. The van der Waals surface area contributed by atoms with Gasteiger partial charge in [0.15, 0.2) is 0 Å². The molecule has 0 aromatic heterocycles. The molecule has 2 N–H and O–H groups in total. The molecule has 0 radical (unpaired) electrons. The van der Waals surface area contributed by atoms with Gasteiger partial charge < -0.3 is 10.4 Å². The highest BCUT2D eigenvalue weighted by Gasteiger charge is 2.29. The molecule has 0 heterocycles. The number of carbonyl (C=O) groups excluding carboxylic acids is 1. The van der Waals surface area contributed by atoms with Crippen LogP contribution in [0.1, 0.15) is 72.9 Å².